The van der Waals surface area contributed by atoms with E-state index in [-0.39, 0.29) is 22.3 Å². The molecule has 5 rings (SSSR count). The Morgan fingerprint density at radius 1 is 0.778 bits per heavy atom. The second-order valence-electron chi connectivity index (χ2n) is 7.87. The maximum absolute atomic E-state index is 13.7. The van der Waals surface area contributed by atoms with Crippen molar-refractivity contribution < 1.29 is 32.6 Å². The van der Waals surface area contributed by atoms with Gasteiger partial charge in [0.1, 0.15) is 16.7 Å². The predicted molar refractivity (Wildman–Crippen MR) is 134 cm³/mol. The Bertz CT molecular complexity index is 1630. The Morgan fingerprint density at radius 3 is 2.06 bits per heavy atom. The average Bonchev–Trinajstić information content (AvgIpc) is 3.33. The van der Waals surface area contributed by atoms with E-state index in [0.717, 1.165) is 0 Å². The zero-order chi connectivity index (χ0) is 25.4. The summed E-state index contributed by atoms with van der Waals surface area (Å²) >= 11 is 0. The molecular formula is C28H22O8. The number of furan rings is 1. The van der Waals surface area contributed by atoms with Crippen molar-refractivity contribution in [1.29, 1.82) is 0 Å². The number of hydrogen-bond acceptors (Lipinski definition) is 8. The fraction of sp³-hybridized carbons (Fsp3) is 0.143. The smallest absolute Gasteiger partial charge is 0.348 e. The van der Waals surface area contributed by atoms with E-state index < -0.39 is 11.4 Å². The van der Waals surface area contributed by atoms with Gasteiger partial charge in [-0.15, -0.1) is 0 Å². The maximum Gasteiger partial charge on any atom is 0.348 e. The van der Waals surface area contributed by atoms with E-state index in [4.69, 9.17) is 27.8 Å². The van der Waals surface area contributed by atoms with E-state index in [2.05, 4.69) is 0 Å². The molecule has 2 heterocycles. The molecule has 0 aliphatic carbocycles. The first-order chi connectivity index (χ1) is 17.5. The molecule has 0 fully saturated rings. The van der Waals surface area contributed by atoms with Crippen LogP contribution < -0.4 is 24.6 Å². The van der Waals surface area contributed by atoms with E-state index >= 15 is 0 Å². The highest BCUT2D eigenvalue weighted by Gasteiger charge is 2.29. The molecule has 8 nitrogen and oxygen atoms in total. The minimum absolute atomic E-state index is 0.0203. The van der Waals surface area contributed by atoms with Gasteiger partial charge in [-0.2, -0.15) is 0 Å². The van der Waals surface area contributed by atoms with E-state index in [1.54, 1.807) is 67.8 Å². The van der Waals surface area contributed by atoms with Gasteiger partial charge in [-0.3, -0.25) is 4.79 Å². The molecule has 0 saturated carbocycles. The van der Waals surface area contributed by atoms with E-state index in [1.807, 2.05) is 0 Å². The summed E-state index contributed by atoms with van der Waals surface area (Å²) in [6, 6.07) is 16.9. The van der Waals surface area contributed by atoms with Crippen LogP contribution in [-0.2, 0) is 0 Å². The normalized spacial score (nSPS) is 11.0. The highest BCUT2D eigenvalue weighted by atomic mass is 16.5. The number of carbonyl (C=O) groups excluding carboxylic acids is 1. The third-order valence-corrected chi connectivity index (χ3v) is 5.96. The lowest BCUT2D eigenvalue weighted by Crippen LogP contribution is -2.04. The van der Waals surface area contributed by atoms with Crippen LogP contribution in [0, 0.1) is 0 Å². The van der Waals surface area contributed by atoms with Gasteiger partial charge in [0.2, 0.25) is 11.5 Å². The van der Waals surface area contributed by atoms with Crippen LogP contribution in [-0.4, -0.2) is 34.2 Å². The first-order valence-corrected chi connectivity index (χ1v) is 11.0. The lowest BCUT2D eigenvalue weighted by atomic mass is 9.97. The molecule has 5 aromatic rings. The zero-order valence-electron chi connectivity index (χ0n) is 20.0. The molecule has 0 saturated heterocycles. The zero-order valence-corrected chi connectivity index (χ0v) is 20.0. The van der Waals surface area contributed by atoms with Crippen LogP contribution in [0.25, 0.3) is 33.1 Å². The van der Waals surface area contributed by atoms with Gasteiger partial charge in [0, 0.05) is 11.1 Å². The standard InChI is InChI=1S/C28H22O8/c1-31-17-11-9-15(10-12-17)24(29)27-22(16-13-20(32-2)26(34-4)21(14-16)33-3)23-25(36-27)18-7-5-6-8-19(18)35-28(23)30/h5-14H,1-4H3. The molecular weight excluding hydrogens is 464 g/mol. The summed E-state index contributed by atoms with van der Waals surface area (Å²) in [5.41, 5.74) is 1.06. The van der Waals surface area contributed by atoms with Crippen LogP contribution in [0.15, 0.2) is 74.3 Å². The van der Waals surface area contributed by atoms with Gasteiger partial charge in [-0.05, 0) is 54.1 Å². The van der Waals surface area contributed by atoms with Gasteiger partial charge >= 0.3 is 5.63 Å². The largest absolute Gasteiger partial charge is 0.497 e. The second-order valence-corrected chi connectivity index (χ2v) is 7.87. The van der Waals surface area contributed by atoms with Gasteiger partial charge in [-0.25, -0.2) is 4.79 Å². The van der Waals surface area contributed by atoms with Crippen LogP contribution in [0.3, 0.4) is 0 Å². The minimum Gasteiger partial charge on any atom is -0.497 e. The summed E-state index contributed by atoms with van der Waals surface area (Å²) in [4.78, 5) is 27.0. The topological polar surface area (TPSA) is 97.3 Å². The average molecular weight is 486 g/mol. The van der Waals surface area contributed by atoms with Crippen LogP contribution in [0.5, 0.6) is 23.0 Å². The quantitative estimate of drug-likeness (QED) is 0.221. The van der Waals surface area contributed by atoms with Gasteiger partial charge < -0.3 is 27.8 Å². The van der Waals surface area contributed by atoms with Crippen LogP contribution in [0.2, 0.25) is 0 Å². The maximum atomic E-state index is 13.7. The lowest BCUT2D eigenvalue weighted by Gasteiger charge is -2.14. The number of fused-ring (bicyclic) bond motifs is 3. The van der Waals surface area contributed by atoms with Crippen molar-refractivity contribution in [2.75, 3.05) is 28.4 Å². The third kappa shape index (κ3) is 3.63. The van der Waals surface area contributed by atoms with Crippen molar-refractivity contribution in [2.45, 2.75) is 0 Å². The fourth-order valence-corrected chi connectivity index (χ4v) is 4.24. The van der Waals surface area contributed by atoms with Crippen LogP contribution >= 0.6 is 0 Å². The Balaban J connectivity index is 1.87. The van der Waals surface area contributed by atoms with Crippen molar-refractivity contribution in [2.24, 2.45) is 0 Å². The van der Waals surface area contributed by atoms with E-state index in [0.29, 0.717) is 45.1 Å². The van der Waals surface area contributed by atoms with Crippen LogP contribution in [0.4, 0.5) is 0 Å². The number of hydrogen-bond donors (Lipinski definition) is 0. The van der Waals surface area contributed by atoms with Crippen molar-refractivity contribution in [3.8, 4) is 34.1 Å². The number of para-hydroxylation sites is 1. The molecule has 0 atom stereocenters. The van der Waals surface area contributed by atoms with Gasteiger partial charge in [0.15, 0.2) is 22.8 Å². The number of carbonyl (C=O) groups is 1. The molecule has 0 radical (unpaired) electrons. The first kappa shape index (κ1) is 23.0. The van der Waals surface area contributed by atoms with Crippen molar-refractivity contribution >= 4 is 27.7 Å². The summed E-state index contributed by atoms with van der Waals surface area (Å²) < 4.78 is 33.4. The molecule has 0 unspecified atom stereocenters. The second kappa shape index (κ2) is 9.14. The molecule has 36 heavy (non-hydrogen) atoms. The highest BCUT2D eigenvalue weighted by Crippen LogP contribution is 2.45. The van der Waals surface area contributed by atoms with E-state index in [1.165, 1.54) is 21.3 Å². The monoisotopic (exact) mass is 486 g/mol. The van der Waals surface area contributed by atoms with Crippen molar-refractivity contribution in [1.82, 2.24) is 0 Å². The summed E-state index contributed by atoms with van der Waals surface area (Å²) in [5, 5.41) is 0.703. The summed E-state index contributed by atoms with van der Waals surface area (Å²) in [5.74, 6) is 1.25. The number of rotatable bonds is 7. The Hall–Kier alpha value is -4.72. The first-order valence-electron chi connectivity index (χ1n) is 11.0. The van der Waals surface area contributed by atoms with Crippen molar-refractivity contribution in [3.63, 3.8) is 0 Å². The van der Waals surface area contributed by atoms with E-state index in [9.17, 15) is 9.59 Å². The number of methoxy groups -OCH3 is 4. The molecule has 0 spiro atoms. The fourth-order valence-electron chi connectivity index (χ4n) is 4.24. The minimum atomic E-state index is -0.634. The summed E-state index contributed by atoms with van der Waals surface area (Å²) in [6.45, 7) is 0. The molecule has 3 aromatic carbocycles. The molecule has 0 aliphatic heterocycles. The Kier molecular flexibility index (Phi) is 5.85. The molecule has 2 aromatic heterocycles. The predicted octanol–water partition coefficient (Wildman–Crippen LogP) is 5.47. The summed E-state index contributed by atoms with van der Waals surface area (Å²) in [7, 11) is 6.01. The lowest BCUT2D eigenvalue weighted by molar-refractivity contribution is 0.101. The SMILES string of the molecule is COc1ccc(C(=O)c2oc3c(c2-c2cc(OC)c(OC)c(OC)c2)c(=O)oc2ccccc23)cc1. The van der Waals surface area contributed by atoms with Crippen LogP contribution in [0.1, 0.15) is 16.1 Å². The Morgan fingerprint density at radius 2 is 1.44 bits per heavy atom. The number of ether oxygens (including phenoxy) is 4. The third-order valence-electron chi connectivity index (χ3n) is 5.96. The van der Waals surface area contributed by atoms with Gasteiger partial charge in [0.05, 0.1) is 33.8 Å². The number of ketones is 1. The number of benzene rings is 3. The van der Waals surface area contributed by atoms with Crippen molar-refractivity contribution in [3.05, 3.63) is 82.4 Å². The highest BCUT2D eigenvalue weighted by molar-refractivity contribution is 6.18. The molecule has 182 valence electrons. The Labute approximate surface area is 205 Å². The molecule has 0 N–H and O–H groups in total. The summed E-state index contributed by atoms with van der Waals surface area (Å²) in [6.07, 6.45) is 0. The molecule has 0 bridgehead atoms. The molecule has 0 aliphatic rings. The molecule has 0 amide bonds. The van der Waals surface area contributed by atoms with Gasteiger partial charge in [0.25, 0.3) is 0 Å². The van der Waals surface area contributed by atoms with Gasteiger partial charge in [-0.1, -0.05) is 12.1 Å². The molecule has 8 heteroatoms.